The zero-order valence-corrected chi connectivity index (χ0v) is 11.6. The lowest BCUT2D eigenvalue weighted by Gasteiger charge is -2.01. The van der Waals surface area contributed by atoms with Gasteiger partial charge < -0.3 is 4.57 Å². The van der Waals surface area contributed by atoms with Gasteiger partial charge in [-0.1, -0.05) is 12.1 Å². The molecule has 0 atom stereocenters. The van der Waals surface area contributed by atoms with E-state index in [9.17, 15) is 0 Å². The van der Waals surface area contributed by atoms with Gasteiger partial charge in [-0.2, -0.15) is 5.10 Å². The molecule has 1 aromatic carbocycles. The van der Waals surface area contributed by atoms with Crippen LogP contribution in [0, 0.1) is 0 Å². The molecule has 3 rings (SSSR count). The van der Waals surface area contributed by atoms with Gasteiger partial charge in [0.15, 0.2) is 0 Å². The molecule has 0 saturated heterocycles. The monoisotopic (exact) mass is 277 g/mol. The number of anilines is 1. The van der Waals surface area contributed by atoms with Crippen LogP contribution in [-0.4, -0.2) is 20.7 Å². The summed E-state index contributed by atoms with van der Waals surface area (Å²) >= 11 is 0. The van der Waals surface area contributed by atoms with E-state index in [4.69, 9.17) is 0 Å². The van der Waals surface area contributed by atoms with Crippen molar-refractivity contribution in [2.24, 2.45) is 12.1 Å². The van der Waals surface area contributed by atoms with E-state index in [-0.39, 0.29) is 0 Å². The fourth-order valence-corrected chi connectivity index (χ4v) is 1.91. The number of hydrogen-bond donors (Lipinski definition) is 1. The summed E-state index contributed by atoms with van der Waals surface area (Å²) in [7, 11) is 1.96. The highest BCUT2D eigenvalue weighted by Crippen LogP contribution is 2.19. The number of imidazole rings is 1. The minimum absolute atomic E-state index is 0.931. The van der Waals surface area contributed by atoms with Gasteiger partial charge in [0.05, 0.1) is 23.9 Å². The smallest absolute Gasteiger partial charge is 0.0951 e. The van der Waals surface area contributed by atoms with Crippen molar-refractivity contribution in [3.05, 3.63) is 66.9 Å². The van der Waals surface area contributed by atoms with Gasteiger partial charge in [0.1, 0.15) is 0 Å². The van der Waals surface area contributed by atoms with Crippen molar-refractivity contribution in [3.63, 3.8) is 0 Å². The maximum atomic E-state index is 4.32. The average Bonchev–Trinajstić information content (AvgIpc) is 2.96. The Morgan fingerprint density at radius 1 is 1.10 bits per heavy atom. The molecular formula is C16H15N5. The minimum Gasteiger partial charge on any atom is -0.340 e. The third kappa shape index (κ3) is 3.33. The van der Waals surface area contributed by atoms with E-state index in [1.165, 1.54) is 0 Å². The first-order valence-electron chi connectivity index (χ1n) is 6.59. The zero-order valence-electron chi connectivity index (χ0n) is 11.6. The quantitative estimate of drug-likeness (QED) is 0.589. The number of nitrogens with one attached hydrogen (secondary N) is 1. The molecule has 104 valence electrons. The number of aryl methyl sites for hydroxylation is 1. The normalized spacial score (nSPS) is 10.9. The molecule has 0 fully saturated rings. The van der Waals surface area contributed by atoms with Gasteiger partial charge in [-0.05, 0) is 29.8 Å². The van der Waals surface area contributed by atoms with E-state index >= 15 is 0 Å². The Hall–Kier alpha value is -2.95. The molecule has 1 N–H and O–H groups in total. The molecule has 2 heterocycles. The molecule has 21 heavy (non-hydrogen) atoms. The molecule has 2 aromatic heterocycles. The Kier molecular flexibility index (Phi) is 3.73. The van der Waals surface area contributed by atoms with E-state index in [0.717, 1.165) is 22.5 Å². The van der Waals surface area contributed by atoms with E-state index in [1.807, 2.05) is 54.2 Å². The summed E-state index contributed by atoms with van der Waals surface area (Å²) < 4.78 is 1.93. The van der Waals surface area contributed by atoms with Crippen LogP contribution in [0.15, 0.2) is 66.4 Å². The zero-order chi connectivity index (χ0) is 14.5. The van der Waals surface area contributed by atoms with Crippen molar-refractivity contribution >= 4 is 11.9 Å². The van der Waals surface area contributed by atoms with Gasteiger partial charge in [-0.15, -0.1) is 0 Å². The molecule has 0 radical (unpaired) electrons. The second kappa shape index (κ2) is 6.00. The molecule has 5 heteroatoms. The van der Waals surface area contributed by atoms with Crippen LogP contribution in [-0.2, 0) is 7.05 Å². The number of hydrazone groups is 1. The van der Waals surface area contributed by atoms with Crippen LogP contribution in [0.5, 0.6) is 0 Å². The van der Waals surface area contributed by atoms with Gasteiger partial charge in [-0.25, -0.2) is 4.98 Å². The first kappa shape index (κ1) is 13.1. The molecule has 0 unspecified atom stereocenters. The lowest BCUT2D eigenvalue weighted by molar-refractivity contribution is 0.913. The summed E-state index contributed by atoms with van der Waals surface area (Å²) in [6.07, 6.45) is 9.02. The Morgan fingerprint density at radius 3 is 2.52 bits per heavy atom. The molecule has 5 nitrogen and oxygen atoms in total. The third-order valence-corrected chi connectivity index (χ3v) is 3.00. The molecule has 0 saturated carbocycles. The molecule has 0 aliphatic carbocycles. The average molecular weight is 277 g/mol. The summed E-state index contributed by atoms with van der Waals surface area (Å²) in [4.78, 5) is 8.29. The molecule has 0 amide bonds. The molecule has 3 aromatic rings. The van der Waals surface area contributed by atoms with Gasteiger partial charge in [0.25, 0.3) is 0 Å². The van der Waals surface area contributed by atoms with Crippen LogP contribution in [0.4, 0.5) is 5.69 Å². The van der Waals surface area contributed by atoms with Crippen LogP contribution in [0.25, 0.3) is 11.3 Å². The standard InChI is InChI=1S/C16H15N5/c1-21-11-16(18-12-21)14-2-4-15(5-3-14)20-19-10-13-6-8-17-9-7-13/h2-12,20H,1H3/b19-10+. The van der Waals surface area contributed by atoms with Crippen LogP contribution in [0.1, 0.15) is 5.56 Å². The van der Waals surface area contributed by atoms with Crippen molar-refractivity contribution in [2.45, 2.75) is 0 Å². The molecule has 0 aliphatic rings. The summed E-state index contributed by atoms with van der Waals surface area (Å²) in [5.74, 6) is 0. The fourth-order valence-electron chi connectivity index (χ4n) is 1.91. The van der Waals surface area contributed by atoms with Gasteiger partial charge in [0.2, 0.25) is 0 Å². The summed E-state index contributed by atoms with van der Waals surface area (Å²) in [5, 5.41) is 4.20. The lowest BCUT2D eigenvalue weighted by atomic mass is 10.1. The highest BCUT2D eigenvalue weighted by molar-refractivity contribution is 5.79. The Morgan fingerprint density at radius 2 is 1.86 bits per heavy atom. The van der Waals surface area contributed by atoms with Crippen molar-refractivity contribution < 1.29 is 0 Å². The predicted molar refractivity (Wildman–Crippen MR) is 84.1 cm³/mol. The summed E-state index contributed by atoms with van der Waals surface area (Å²) in [6.45, 7) is 0. The van der Waals surface area contributed by atoms with E-state index in [1.54, 1.807) is 24.9 Å². The topological polar surface area (TPSA) is 55.1 Å². The number of benzene rings is 1. The van der Waals surface area contributed by atoms with Crippen molar-refractivity contribution in [1.29, 1.82) is 0 Å². The SMILES string of the molecule is Cn1cnc(-c2ccc(N/N=C/c3ccncc3)cc2)c1. The first-order valence-corrected chi connectivity index (χ1v) is 6.59. The summed E-state index contributed by atoms with van der Waals surface area (Å²) in [5.41, 5.74) is 6.98. The van der Waals surface area contributed by atoms with Crippen LogP contribution in [0.3, 0.4) is 0 Å². The molecule has 0 aliphatic heterocycles. The second-order valence-corrected chi connectivity index (χ2v) is 4.65. The van der Waals surface area contributed by atoms with Crippen molar-refractivity contribution in [1.82, 2.24) is 14.5 Å². The van der Waals surface area contributed by atoms with Gasteiger partial charge >= 0.3 is 0 Å². The molecule has 0 spiro atoms. The van der Waals surface area contributed by atoms with E-state index in [2.05, 4.69) is 20.5 Å². The number of nitrogens with zero attached hydrogens (tertiary/aromatic N) is 4. The molecular weight excluding hydrogens is 262 g/mol. The lowest BCUT2D eigenvalue weighted by Crippen LogP contribution is -1.90. The van der Waals surface area contributed by atoms with Crippen molar-refractivity contribution in [3.8, 4) is 11.3 Å². The Balaban J connectivity index is 1.66. The first-order chi connectivity index (χ1) is 10.3. The number of rotatable bonds is 4. The summed E-state index contributed by atoms with van der Waals surface area (Å²) in [6, 6.07) is 11.8. The van der Waals surface area contributed by atoms with Crippen molar-refractivity contribution in [2.75, 3.05) is 5.43 Å². The Labute approximate surface area is 123 Å². The van der Waals surface area contributed by atoms with E-state index < -0.39 is 0 Å². The highest BCUT2D eigenvalue weighted by atomic mass is 15.3. The predicted octanol–water partition coefficient (Wildman–Crippen LogP) is 2.93. The highest BCUT2D eigenvalue weighted by Gasteiger charge is 2.00. The van der Waals surface area contributed by atoms with Crippen LogP contribution in [0.2, 0.25) is 0 Å². The van der Waals surface area contributed by atoms with Crippen LogP contribution >= 0.6 is 0 Å². The van der Waals surface area contributed by atoms with Gasteiger partial charge in [0, 0.05) is 31.2 Å². The second-order valence-electron chi connectivity index (χ2n) is 4.65. The maximum absolute atomic E-state index is 4.32. The number of hydrogen-bond acceptors (Lipinski definition) is 4. The van der Waals surface area contributed by atoms with Crippen LogP contribution < -0.4 is 5.43 Å². The number of aromatic nitrogens is 3. The van der Waals surface area contributed by atoms with E-state index in [0.29, 0.717) is 0 Å². The maximum Gasteiger partial charge on any atom is 0.0951 e. The fraction of sp³-hybridized carbons (Fsp3) is 0.0625. The molecule has 0 bridgehead atoms. The Bertz CT molecular complexity index is 729. The largest absolute Gasteiger partial charge is 0.340 e. The van der Waals surface area contributed by atoms with Gasteiger partial charge in [-0.3, -0.25) is 10.4 Å². The third-order valence-electron chi connectivity index (χ3n) is 3.00. The number of pyridine rings is 1. The minimum atomic E-state index is 0.931.